The van der Waals surface area contributed by atoms with E-state index in [0.29, 0.717) is 6.04 Å². The monoisotopic (exact) mass is 237 g/mol. The second-order valence-electron chi connectivity index (χ2n) is 4.57. The molecule has 94 valence electrons. The zero-order chi connectivity index (χ0) is 12.9. The molecule has 0 radical (unpaired) electrons. The van der Waals surface area contributed by atoms with Gasteiger partial charge in [-0.2, -0.15) is 5.26 Å². The van der Waals surface area contributed by atoms with Gasteiger partial charge >= 0.3 is 0 Å². The molecule has 1 amide bonds. The lowest BCUT2D eigenvalue weighted by molar-refractivity contribution is -0.115. The van der Waals surface area contributed by atoms with Crippen molar-refractivity contribution in [1.82, 2.24) is 10.2 Å². The third-order valence-corrected chi connectivity index (χ3v) is 2.96. The van der Waals surface area contributed by atoms with E-state index in [0.717, 1.165) is 19.8 Å². The van der Waals surface area contributed by atoms with Gasteiger partial charge in [-0.25, -0.2) is 0 Å². The fraction of sp³-hybridized carbons (Fsp3) is 0.667. The molecule has 5 nitrogen and oxygen atoms in total. The average molecular weight is 237 g/mol. The highest BCUT2D eigenvalue weighted by atomic mass is 16.5. The fourth-order valence-corrected chi connectivity index (χ4v) is 2.01. The predicted octanol–water partition coefficient (Wildman–Crippen LogP) is 0.639. The summed E-state index contributed by atoms with van der Waals surface area (Å²) >= 11 is 0. The predicted molar refractivity (Wildman–Crippen MR) is 64.0 cm³/mol. The van der Waals surface area contributed by atoms with Gasteiger partial charge in [0.1, 0.15) is 0 Å². The first-order valence-corrected chi connectivity index (χ1v) is 5.74. The normalized spacial score (nSPS) is 16.9. The van der Waals surface area contributed by atoms with Gasteiger partial charge < -0.3 is 4.74 Å². The van der Waals surface area contributed by atoms with Crippen molar-refractivity contribution in [2.45, 2.75) is 32.4 Å². The minimum atomic E-state index is -0.388. The van der Waals surface area contributed by atoms with Gasteiger partial charge in [0, 0.05) is 11.6 Å². The Hall–Kier alpha value is -1.38. The molecule has 0 unspecified atom stereocenters. The number of amides is 1. The van der Waals surface area contributed by atoms with Gasteiger partial charge in [0.15, 0.2) is 6.19 Å². The van der Waals surface area contributed by atoms with Gasteiger partial charge in [-0.3, -0.25) is 15.0 Å². The standard InChI is InChI=1S/C12H19N3O2/c1-4-15(10-7-17-8-10)12(2,3)6-5-11(16)14-9-13/h5-6,10H,4,7-8H2,1-3H3,(H,14,16). The molecule has 1 aliphatic rings. The molecule has 0 bridgehead atoms. The molecule has 1 heterocycles. The Balaban J connectivity index is 2.64. The maximum absolute atomic E-state index is 11.2. The molecule has 0 aromatic carbocycles. The number of rotatable bonds is 5. The van der Waals surface area contributed by atoms with Crippen LogP contribution in [0.3, 0.4) is 0 Å². The van der Waals surface area contributed by atoms with Crippen molar-refractivity contribution in [3.05, 3.63) is 12.2 Å². The second kappa shape index (κ2) is 5.80. The summed E-state index contributed by atoms with van der Waals surface area (Å²) in [6.07, 6.45) is 4.84. The van der Waals surface area contributed by atoms with Gasteiger partial charge in [0.05, 0.1) is 19.3 Å². The molecule has 0 aliphatic carbocycles. The van der Waals surface area contributed by atoms with Crippen molar-refractivity contribution in [1.29, 1.82) is 5.26 Å². The van der Waals surface area contributed by atoms with Gasteiger partial charge in [0.2, 0.25) is 0 Å². The van der Waals surface area contributed by atoms with Crippen LogP contribution in [-0.4, -0.2) is 42.1 Å². The van der Waals surface area contributed by atoms with Crippen LogP contribution < -0.4 is 5.32 Å². The van der Waals surface area contributed by atoms with E-state index >= 15 is 0 Å². The Labute approximate surface area is 102 Å². The van der Waals surface area contributed by atoms with Crippen LogP contribution in [0.2, 0.25) is 0 Å². The first kappa shape index (κ1) is 13.7. The van der Waals surface area contributed by atoms with E-state index in [1.165, 1.54) is 6.08 Å². The van der Waals surface area contributed by atoms with Crippen LogP contribution in [0, 0.1) is 11.5 Å². The van der Waals surface area contributed by atoms with Gasteiger partial charge in [-0.1, -0.05) is 13.0 Å². The Morgan fingerprint density at radius 3 is 2.71 bits per heavy atom. The van der Waals surface area contributed by atoms with Gasteiger partial charge in [-0.05, 0) is 20.4 Å². The molecule has 1 rings (SSSR count). The van der Waals surface area contributed by atoms with E-state index in [-0.39, 0.29) is 11.4 Å². The number of likely N-dealkylation sites (N-methyl/N-ethyl adjacent to an activating group) is 1. The van der Waals surface area contributed by atoms with E-state index in [4.69, 9.17) is 10.00 Å². The van der Waals surface area contributed by atoms with Crippen molar-refractivity contribution in [3.8, 4) is 6.19 Å². The topological polar surface area (TPSA) is 65.4 Å². The van der Waals surface area contributed by atoms with Crippen LogP contribution in [0.1, 0.15) is 20.8 Å². The molecular formula is C12H19N3O2. The lowest BCUT2D eigenvalue weighted by atomic mass is 9.98. The van der Waals surface area contributed by atoms with Crippen LogP contribution in [0.25, 0.3) is 0 Å². The fourth-order valence-electron chi connectivity index (χ4n) is 2.01. The number of hydrogen-bond acceptors (Lipinski definition) is 4. The van der Waals surface area contributed by atoms with E-state index in [2.05, 4.69) is 17.1 Å². The van der Waals surface area contributed by atoms with Crippen LogP contribution in [0.5, 0.6) is 0 Å². The smallest absolute Gasteiger partial charge is 0.256 e. The Bertz CT molecular complexity index is 340. The maximum Gasteiger partial charge on any atom is 0.256 e. The van der Waals surface area contributed by atoms with E-state index in [9.17, 15) is 4.79 Å². The third-order valence-electron chi connectivity index (χ3n) is 2.96. The van der Waals surface area contributed by atoms with Gasteiger partial charge in [0.25, 0.3) is 5.91 Å². The zero-order valence-electron chi connectivity index (χ0n) is 10.6. The molecule has 1 N–H and O–H groups in total. The van der Waals surface area contributed by atoms with Gasteiger partial charge in [-0.15, -0.1) is 0 Å². The maximum atomic E-state index is 11.2. The lowest BCUT2D eigenvalue weighted by Crippen LogP contribution is -2.56. The summed E-state index contributed by atoms with van der Waals surface area (Å²) in [7, 11) is 0. The van der Waals surface area contributed by atoms with Crippen molar-refractivity contribution in [2.75, 3.05) is 19.8 Å². The molecule has 1 saturated heterocycles. The molecule has 17 heavy (non-hydrogen) atoms. The number of nitrogens with one attached hydrogen (secondary N) is 1. The number of nitriles is 1. The third kappa shape index (κ3) is 3.55. The summed E-state index contributed by atoms with van der Waals surface area (Å²) in [6.45, 7) is 8.56. The summed E-state index contributed by atoms with van der Waals surface area (Å²) in [6, 6.07) is 0.415. The van der Waals surface area contributed by atoms with Crippen molar-refractivity contribution in [3.63, 3.8) is 0 Å². The Kier molecular flexibility index (Phi) is 4.67. The minimum absolute atomic E-state index is 0.226. The first-order chi connectivity index (χ1) is 8.01. The summed E-state index contributed by atoms with van der Waals surface area (Å²) in [5, 5.41) is 10.4. The van der Waals surface area contributed by atoms with Crippen LogP contribution in [-0.2, 0) is 9.53 Å². The van der Waals surface area contributed by atoms with Crippen LogP contribution >= 0.6 is 0 Å². The highest BCUT2D eigenvalue weighted by Crippen LogP contribution is 2.23. The number of carbonyl (C=O) groups excluding carboxylic acids is 1. The van der Waals surface area contributed by atoms with Crippen LogP contribution in [0.4, 0.5) is 0 Å². The summed E-state index contributed by atoms with van der Waals surface area (Å²) in [4.78, 5) is 13.5. The SMILES string of the molecule is CCN(C1COC1)C(C)(C)C=CC(=O)NC#N. The quantitative estimate of drug-likeness (QED) is 0.433. The highest BCUT2D eigenvalue weighted by Gasteiger charge is 2.33. The molecule has 0 atom stereocenters. The zero-order valence-corrected chi connectivity index (χ0v) is 10.6. The van der Waals surface area contributed by atoms with E-state index < -0.39 is 0 Å². The summed E-state index contributed by atoms with van der Waals surface area (Å²) < 4.78 is 5.19. The summed E-state index contributed by atoms with van der Waals surface area (Å²) in [5.41, 5.74) is -0.226. The number of hydrogen-bond donors (Lipinski definition) is 1. The second-order valence-corrected chi connectivity index (χ2v) is 4.57. The van der Waals surface area contributed by atoms with E-state index in [1.54, 1.807) is 6.19 Å². The Morgan fingerprint density at radius 1 is 1.65 bits per heavy atom. The number of ether oxygens (including phenoxy) is 1. The molecule has 5 heteroatoms. The minimum Gasteiger partial charge on any atom is -0.378 e. The Morgan fingerprint density at radius 2 is 2.29 bits per heavy atom. The first-order valence-electron chi connectivity index (χ1n) is 5.74. The van der Waals surface area contributed by atoms with Crippen molar-refractivity contribution >= 4 is 5.91 Å². The highest BCUT2D eigenvalue weighted by molar-refractivity contribution is 5.88. The number of carbonyl (C=O) groups is 1. The average Bonchev–Trinajstić information content (AvgIpc) is 2.20. The van der Waals surface area contributed by atoms with Crippen LogP contribution in [0.15, 0.2) is 12.2 Å². The van der Waals surface area contributed by atoms with Crippen molar-refractivity contribution in [2.24, 2.45) is 0 Å². The molecule has 0 spiro atoms. The number of nitrogens with zero attached hydrogens (tertiary/aromatic N) is 2. The molecule has 0 aromatic heterocycles. The molecule has 1 fully saturated rings. The lowest BCUT2D eigenvalue weighted by Gasteiger charge is -2.45. The van der Waals surface area contributed by atoms with Crippen molar-refractivity contribution < 1.29 is 9.53 Å². The largest absolute Gasteiger partial charge is 0.378 e. The van der Waals surface area contributed by atoms with E-state index in [1.807, 2.05) is 19.9 Å². The molecular weight excluding hydrogens is 218 g/mol. The molecule has 0 saturated carbocycles. The summed E-state index contributed by atoms with van der Waals surface area (Å²) in [5.74, 6) is -0.388. The molecule has 0 aromatic rings. The molecule has 1 aliphatic heterocycles.